The first-order valence-corrected chi connectivity index (χ1v) is 0. The summed E-state index contributed by atoms with van der Waals surface area (Å²) in [6.45, 7) is 0. The van der Waals surface area contributed by atoms with Crippen molar-refractivity contribution in [2.45, 2.75) is 0 Å². The molecule has 40 valence electrons. The van der Waals surface area contributed by atoms with Crippen LogP contribution in [0.15, 0.2) is 0 Å². The smallest absolute Gasteiger partial charge is 1.00 e. The normalized spacial score (nSPS) is 0. The van der Waals surface area contributed by atoms with Gasteiger partial charge in [0.15, 0.2) is 0 Å². The van der Waals surface area contributed by atoms with Gasteiger partial charge in [0.25, 0.3) is 0 Å². The first kappa shape index (κ1) is 93.6. The summed E-state index contributed by atoms with van der Waals surface area (Å²) >= 11 is 0. The minimum Gasteiger partial charge on any atom is -1.00 e. The van der Waals surface area contributed by atoms with Crippen molar-refractivity contribution in [1.29, 1.82) is 0 Å². The van der Waals surface area contributed by atoms with Crippen molar-refractivity contribution in [2.75, 3.05) is 0 Å². The van der Waals surface area contributed by atoms with Crippen LogP contribution < -0.4 is 144 Å². The minimum absolute atomic E-state index is 0. The van der Waals surface area contributed by atoms with Gasteiger partial charge in [-0.2, -0.15) is 0 Å². The Morgan fingerprint density at radius 2 is 0.500 bits per heavy atom. The molecule has 0 heterocycles. The summed E-state index contributed by atoms with van der Waals surface area (Å²) in [7, 11) is 0. The van der Waals surface area contributed by atoms with Gasteiger partial charge in [-0.25, -0.2) is 0 Å². The topological polar surface area (TPSA) is 0 Å². The van der Waals surface area contributed by atoms with Crippen molar-refractivity contribution in [3.05, 3.63) is 0 Å². The maximum absolute atomic E-state index is 0. The van der Waals surface area contributed by atoms with Gasteiger partial charge in [-0.3, -0.25) is 0 Å². The third-order valence-electron chi connectivity index (χ3n) is 0. The molecule has 0 amide bonds. The van der Waals surface area contributed by atoms with Gasteiger partial charge in [-0.15, -0.1) is 0 Å². The van der Waals surface area contributed by atoms with E-state index in [9.17, 15) is 0 Å². The van der Waals surface area contributed by atoms with Crippen LogP contribution in [0.25, 0.3) is 0 Å². The molecule has 0 spiro atoms. The van der Waals surface area contributed by atoms with Crippen molar-refractivity contribution in [3.8, 4) is 0 Å². The van der Waals surface area contributed by atoms with Crippen molar-refractivity contribution < 1.29 is 144 Å². The third kappa shape index (κ3) is 51.8. The molecule has 0 radical (unpaired) electrons. The molecule has 0 aromatic heterocycles. The minimum atomic E-state index is 0. The Hall–Kier alpha value is 3.87. The summed E-state index contributed by atoms with van der Waals surface area (Å²) in [6, 6.07) is 0. The molecule has 0 saturated heterocycles. The van der Waals surface area contributed by atoms with Gasteiger partial charge >= 0.3 is 138 Å². The van der Waals surface area contributed by atoms with E-state index >= 15 is 0 Å². The molecule has 0 N–H and O–H groups in total. The second-order valence-electron chi connectivity index (χ2n) is 0. The van der Waals surface area contributed by atoms with Gasteiger partial charge in [-0.1, -0.05) is 0 Å². The zero-order valence-corrected chi connectivity index (χ0v) is 15.0. The Morgan fingerprint density at radius 1 is 0.500 bits per heavy atom. The first-order valence-electron chi connectivity index (χ1n) is 0. The molecule has 0 aliphatic heterocycles. The van der Waals surface area contributed by atoms with Crippen LogP contribution in [-0.4, -0.2) is 17.4 Å². The van der Waals surface area contributed by atoms with E-state index in [-0.39, 0.29) is 161 Å². The fourth-order valence-corrected chi connectivity index (χ4v) is 0. The van der Waals surface area contributed by atoms with Crippen LogP contribution >= 0.6 is 0 Å². The van der Waals surface area contributed by atoms with E-state index in [2.05, 4.69) is 0 Å². The van der Waals surface area contributed by atoms with Crippen LogP contribution in [-0.2, 0) is 0 Å². The molecule has 0 aromatic rings. The van der Waals surface area contributed by atoms with E-state index in [1.807, 2.05) is 0 Å². The Morgan fingerprint density at radius 3 is 0.500 bits per heavy atom. The average Bonchev–Trinajstić information content (AvgIpc) is 0. The van der Waals surface area contributed by atoms with Gasteiger partial charge in [0, 0.05) is 0 Å². The predicted molar refractivity (Wildman–Crippen MR) is 5.75 cm³/mol. The van der Waals surface area contributed by atoms with Crippen LogP contribution in [0.1, 0.15) is 0 Å². The molecule has 8 heavy (non-hydrogen) atoms. The Bertz CT molecular complexity index is 12.4. The molecule has 0 nitrogen and oxygen atoms in total. The molecule has 0 bridgehead atoms. The van der Waals surface area contributed by atoms with Gasteiger partial charge in [-0.05, 0) is 0 Å². The molecule has 0 aliphatic carbocycles. The Balaban J connectivity index is 0. The monoisotopic (exact) mass is 294 g/mol. The van der Waals surface area contributed by atoms with E-state index in [0.717, 1.165) is 0 Å². The molecular weight excluding hydrogens is 294 g/mol. The van der Waals surface area contributed by atoms with E-state index in [0.29, 0.717) is 0 Å². The quantitative estimate of drug-likeness (QED) is 0.307. The molecule has 0 unspecified atom stereocenters. The Labute approximate surface area is 156 Å². The van der Waals surface area contributed by atoms with Crippen molar-refractivity contribution >= 4 is 17.4 Å². The van der Waals surface area contributed by atoms with E-state index in [1.54, 1.807) is 0 Å². The summed E-state index contributed by atoms with van der Waals surface area (Å²) in [6.07, 6.45) is 0. The average molecular weight is 294 g/mol. The summed E-state index contributed by atoms with van der Waals surface area (Å²) in [4.78, 5) is 0. The van der Waals surface area contributed by atoms with Crippen LogP contribution in [0.3, 0.4) is 0 Å². The molecular formula is AlCsF5K. The van der Waals surface area contributed by atoms with Crippen LogP contribution in [0.5, 0.6) is 0 Å². The van der Waals surface area contributed by atoms with Crippen molar-refractivity contribution in [3.63, 3.8) is 0 Å². The van der Waals surface area contributed by atoms with Gasteiger partial charge < -0.3 is 23.5 Å². The zero-order valence-electron chi connectivity index (χ0n) is 4.47. The van der Waals surface area contributed by atoms with Gasteiger partial charge in [0.2, 0.25) is 0 Å². The maximum atomic E-state index is 0. The third-order valence-corrected chi connectivity index (χ3v) is 0. The summed E-state index contributed by atoms with van der Waals surface area (Å²) in [5, 5.41) is 0. The van der Waals surface area contributed by atoms with E-state index in [1.165, 1.54) is 0 Å². The maximum Gasteiger partial charge on any atom is 3.00 e. The van der Waals surface area contributed by atoms with Crippen LogP contribution in [0.2, 0.25) is 0 Å². The first-order chi connectivity index (χ1) is 0. The van der Waals surface area contributed by atoms with Crippen molar-refractivity contribution in [1.82, 2.24) is 0 Å². The molecule has 8 heteroatoms. The van der Waals surface area contributed by atoms with Gasteiger partial charge in [0.1, 0.15) is 0 Å². The fourth-order valence-electron chi connectivity index (χ4n) is 0. The molecule has 0 atom stereocenters. The molecule has 0 fully saturated rings. The number of hydrogen-bond acceptors (Lipinski definition) is 0. The second-order valence-corrected chi connectivity index (χ2v) is 0. The number of rotatable bonds is 0. The Kier molecular flexibility index (Phi) is 827. The predicted octanol–water partition coefficient (Wildman–Crippen LogP) is -21.4. The van der Waals surface area contributed by atoms with Crippen LogP contribution in [0, 0.1) is 0 Å². The largest absolute Gasteiger partial charge is 3.00 e. The summed E-state index contributed by atoms with van der Waals surface area (Å²) < 4.78 is 0. The molecule has 0 aliphatic rings. The van der Waals surface area contributed by atoms with E-state index in [4.69, 9.17) is 0 Å². The molecule has 0 saturated carbocycles. The van der Waals surface area contributed by atoms with Gasteiger partial charge in [0.05, 0.1) is 0 Å². The standard InChI is InChI=1S/Al.Cs.5FH.K/h;;5*1H;/q+3;+1;;;;;;+1/p-5. The molecule has 0 rings (SSSR count). The summed E-state index contributed by atoms with van der Waals surface area (Å²) in [5.74, 6) is 0. The van der Waals surface area contributed by atoms with Crippen LogP contribution in [0.4, 0.5) is 0 Å². The van der Waals surface area contributed by atoms with Crippen molar-refractivity contribution in [2.24, 2.45) is 0 Å². The number of hydrogen-bond donors (Lipinski definition) is 0. The molecule has 0 aromatic carbocycles. The van der Waals surface area contributed by atoms with E-state index < -0.39 is 0 Å². The zero-order chi connectivity index (χ0) is 0. The summed E-state index contributed by atoms with van der Waals surface area (Å²) in [5.41, 5.74) is 0. The number of halogens is 5. The SMILES string of the molecule is [Al+3].[Cs+].[F-].[F-].[F-].[F-].[F-].[K+]. The fraction of sp³-hybridized carbons (Fsp3) is 0. The second kappa shape index (κ2) is 70.7.